The Kier molecular flexibility index (Phi) is 3.12. The van der Waals surface area contributed by atoms with Gasteiger partial charge < -0.3 is 4.74 Å². The third kappa shape index (κ3) is 2.03. The van der Waals surface area contributed by atoms with Gasteiger partial charge in [-0.1, -0.05) is 0 Å². The summed E-state index contributed by atoms with van der Waals surface area (Å²) < 4.78 is 46.0. The molecule has 0 spiro atoms. The second-order valence-corrected chi connectivity index (χ2v) is 8.06. The number of nitrogens with zero attached hydrogens (tertiary/aromatic N) is 3. The summed E-state index contributed by atoms with van der Waals surface area (Å²) in [5.74, 6) is 0.212. The molecule has 3 heterocycles. The maximum Gasteiger partial charge on any atom is 0.395 e. The number of hydrogen-bond donors (Lipinski definition) is 0. The number of alkyl halides is 3. The van der Waals surface area contributed by atoms with E-state index in [-0.39, 0.29) is 18.8 Å². The number of fused-ring (bicyclic) bond motifs is 2. The van der Waals surface area contributed by atoms with Gasteiger partial charge in [0.15, 0.2) is 0 Å². The first-order valence-corrected chi connectivity index (χ1v) is 9.08. The first-order chi connectivity index (χ1) is 12.3. The molecule has 3 fully saturated rings. The molecule has 0 bridgehead atoms. The quantitative estimate of drug-likeness (QED) is 0.805. The van der Waals surface area contributed by atoms with E-state index in [0.29, 0.717) is 29.9 Å². The third-order valence-electron chi connectivity index (χ3n) is 6.59. The van der Waals surface area contributed by atoms with Crippen molar-refractivity contribution in [2.24, 2.45) is 5.41 Å². The first-order valence-electron chi connectivity index (χ1n) is 9.08. The van der Waals surface area contributed by atoms with Gasteiger partial charge in [0.1, 0.15) is 5.52 Å². The van der Waals surface area contributed by atoms with E-state index >= 15 is 0 Å². The van der Waals surface area contributed by atoms with Crippen molar-refractivity contribution in [2.75, 3.05) is 13.2 Å². The molecule has 138 valence electrons. The third-order valence-corrected chi connectivity index (χ3v) is 6.59. The average molecular weight is 363 g/mol. The van der Waals surface area contributed by atoms with Crippen molar-refractivity contribution in [3.8, 4) is 0 Å². The van der Waals surface area contributed by atoms with Gasteiger partial charge >= 0.3 is 6.18 Å². The summed E-state index contributed by atoms with van der Waals surface area (Å²) in [6.07, 6.45) is -2.22. The zero-order valence-corrected chi connectivity index (χ0v) is 14.8. The lowest BCUT2D eigenvalue weighted by molar-refractivity contribution is -0.167. The Hall–Kier alpha value is -1.76. The fraction of sp³-hybridized carbons (Fsp3) is 0.632. The highest BCUT2D eigenvalue weighted by molar-refractivity contribution is 5.81. The number of aromatic nitrogens is 3. The standard InChI is InChI=1S/C19H20F3N3O/c1-10-11(2)24-15-14(23-10)7-13(12-3-5-26-6-4-12)25-16(15)17-8-18(17,9-17)19(20,21)22/h7,12H,3-6,8-9H2,1-2H3. The van der Waals surface area contributed by atoms with E-state index in [0.717, 1.165) is 29.9 Å². The van der Waals surface area contributed by atoms with Gasteiger partial charge in [-0.3, -0.25) is 4.98 Å². The van der Waals surface area contributed by atoms with Crippen LogP contribution < -0.4 is 0 Å². The molecular formula is C19H20F3N3O. The minimum Gasteiger partial charge on any atom is -0.381 e. The summed E-state index contributed by atoms with van der Waals surface area (Å²) in [4.78, 5) is 14.0. The first kappa shape index (κ1) is 16.4. The molecule has 2 aromatic heterocycles. The van der Waals surface area contributed by atoms with Crippen molar-refractivity contribution in [1.82, 2.24) is 15.0 Å². The van der Waals surface area contributed by atoms with Gasteiger partial charge in [-0.25, -0.2) is 9.97 Å². The van der Waals surface area contributed by atoms with Crippen LogP contribution in [0.5, 0.6) is 0 Å². The van der Waals surface area contributed by atoms with E-state index in [1.807, 2.05) is 19.9 Å². The number of ether oxygens (including phenoxy) is 1. The molecular weight excluding hydrogens is 343 g/mol. The predicted molar refractivity (Wildman–Crippen MR) is 89.0 cm³/mol. The average Bonchev–Trinajstić information content (AvgIpc) is 3.43. The maximum atomic E-state index is 13.5. The Morgan fingerprint density at radius 3 is 2.31 bits per heavy atom. The normalized spacial score (nSPS) is 31.1. The Balaban J connectivity index is 1.68. The van der Waals surface area contributed by atoms with Crippen LogP contribution in [-0.4, -0.2) is 34.3 Å². The van der Waals surface area contributed by atoms with Crippen molar-refractivity contribution in [3.05, 3.63) is 28.8 Å². The van der Waals surface area contributed by atoms with Gasteiger partial charge in [-0.2, -0.15) is 13.2 Å². The molecule has 3 aliphatic rings. The van der Waals surface area contributed by atoms with E-state index in [1.54, 1.807) is 0 Å². The van der Waals surface area contributed by atoms with Crippen LogP contribution in [0.15, 0.2) is 6.07 Å². The monoisotopic (exact) mass is 363 g/mol. The summed E-state index contributed by atoms with van der Waals surface area (Å²) in [7, 11) is 0. The molecule has 0 unspecified atom stereocenters. The van der Waals surface area contributed by atoms with Crippen molar-refractivity contribution >= 4 is 11.0 Å². The Bertz CT molecular complexity index is 912. The molecule has 1 saturated heterocycles. The molecule has 7 heteroatoms. The molecule has 2 aliphatic carbocycles. The largest absolute Gasteiger partial charge is 0.395 e. The van der Waals surface area contributed by atoms with Crippen molar-refractivity contribution in [1.29, 1.82) is 0 Å². The molecule has 0 N–H and O–H groups in total. The van der Waals surface area contributed by atoms with Crippen molar-refractivity contribution in [3.63, 3.8) is 0 Å². The fourth-order valence-electron chi connectivity index (χ4n) is 4.54. The Labute approximate surface area is 149 Å². The van der Waals surface area contributed by atoms with E-state index in [1.165, 1.54) is 0 Å². The maximum absolute atomic E-state index is 13.5. The van der Waals surface area contributed by atoms with Crippen LogP contribution in [0.2, 0.25) is 0 Å². The van der Waals surface area contributed by atoms with Crippen LogP contribution in [-0.2, 0) is 10.2 Å². The van der Waals surface area contributed by atoms with Gasteiger partial charge in [-0.05, 0) is 45.6 Å². The fourth-order valence-corrected chi connectivity index (χ4v) is 4.54. The van der Waals surface area contributed by atoms with Gasteiger partial charge in [0.25, 0.3) is 0 Å². The number of hydrogen-bond acceptors (Lipinski definition) is 4. The molecule has 0 aromatic carbocycles. The summed E-state index contributed by atoms with van der Waals surface area (Å²) >= 11 is 0. The Morgan fingerprint density at radius 1 is 1.04 bits per heavy atom. The second kappa shape index (κ2) is 4.94. The van der Waals surface area contributed by atoms with E-state index < -0.39 is 17.0 Å². The molecule has 4 nitrogen and oxygen atoms in total. The summed E-state index contributed by atoms with van der Waals surface area (Å²) in [6, 6.07) is 1.92. The Morgan fingerprint density at radius 2 is 1.69 bits per heavy atom. The zero-order chi connectivity index (χ0) is 18.3. The van der Waals surface area contributed by atoms with Crippen LogP contribution in [0, 0.1) is 19.3 Å². The van der Waals surface area contributed by atoms with E-state index in [2.05, 4.69) is 9.97 Å². The minimum absolute atomic E-state index is 0.136. The highest BCUT2D eigenvalue weighted by Gasteiger charge is 2.94. The summed E-state index contributed by atoms with van der Waals surface area (Å²) in [5.41, 5.74) is 1.68. The molecule has 0 atom stereocenters. The SMILES string of the molecule is Cc1nc2cc(C3CCOCC3)nc(C34CC3(C(F)(F)F)C4)c2nc1C. The lowest BCUT2D eigenvalue weighted by Crippen LogP contribution is -2.18. The number of halogens is 3. The molecule has 2 saturated carbocycles. The summed E-state index contributed by atoms with van der Waals surface area (Å²) in [6.45, 7) is 5.04. The molecule has 2 aromatic rings. The molecule has 0 amide bonds. The van der Waals surface area contributed by atoms with Crippen LogP contribution >= 0.6 is 0 Å². The second-order valence-electron chi connectivity index (χ2n) is 8.06. The van der Waals surface area contributed by atoms with Crippen molar-refractivity contribution in [2.45, 2.75) is 57.0 Å². The van der Waals surface area contributed by atoms with Gasteiger partial charge in [-0.15, -0.1) is 0 Å². The molecule has 1 aliphatic heterocycles. The van der Waals surface area contributed by atoms with Crippen LogP contribution in [0.3, 0.4) is 0 Å². The van der Waals surface area contributed by atoms with Gasteiger partial charge in [0.2, 0.25) is 0 Å². The van der Waals surface area contributed by atoms with Gasteiger partial charge in [0, 0.05) is 30.2 Å². The summed E-state index contributed by atoms with van der Waals surface area (Å²) in [5, 5.41) is 0. The van der Waals surface area contributed by atoms with E-state index in [4.69, 9.17) is 9.72 Å². The minimum atomic E-state index is -4.18. The van der Waals surface area contributed by atoms with E-state index in [9.17, 15) is 13.2 Å². The highest BCUT2D eigenvalue weighted by Crippen LogP contribution is 2.90. The molecule has 5 rings (SSSR count). The van der Waals surface area contributed by atoms with Crippen LogP contribution in [0.25, 0.3) is 11.0 Å². The predicted octanol–water partition coefficient (Wildman–Crippen LogP) is 4.13. The number of rotatable bonds is 2. The van der Waals surface area contributed by atoms with Crippen LogP contribution in [0.1, 0.15) is 54.4 Å². The van der Waals surface area contributed by atoms with Gasteiger partial charge in [0.05, 0.1) is 28.0 Å². The van der Waals surface area contributed by atoms with Crippen molar-refractivity contribution < 1.29 is 17.9 Å². The topological polar surface area (TPSA) is 47.9 Å². The lowest BCUT2D eigenvalue weighted by Gasteiger charge is -2.23. The molecule has 0 radical (unpaired) electrons. The smallest absolute Gasteiger partial charge is 0.381 e. The number of aryl methyl sites for hydroxylation is 2. The zero-order valence-electron chi connectivity index (χ0n) is 14.8. The number of pyridine rings is 1. The molecule has 26 heavy (non-hydrogen) atoms. The van der Waals surface area contributed by atoms with Crippen LogP contribution in [0.4, 0.5) is 13.2 Å². The highest BCUT2D eigenvalue weighted by atomic mass is 19.4. The lowest BCUT2D eigenvalue weighted by atomic mass is 9.94.